The Morgan fingerprint density at radius 2 is 1.32 bits per heavy atom. The van der Waals surface area contributed by atoms with E-state index in [2.05, 4.69) is 26.1 Å². The number of sulfonamides is 1. The summed E-state index contributed by atoms with van der Waals surface area (Å²) in [6, 6.07) is 9.59. The zero-order valence-electron chi connectivity index (χ0n) is 31.9. The van der Waals surface area contributed by atoms with Gasteiger partial charge >= 0.3 is 29.8 Å². The van der Waals surface area contributed by atoms with E-state index >= 15 is 0 Å². The van der Waals surface area contributed by atoms with Crippen molar-refractivity contribution in [2.75, 3.05) is 51.1 Å². The largest absolute Gasteiger partial charge is 0.480 e. The van der Waals surface area contributed by atoms with Gasteiger partial charge < -0.3 is 30.8 Å². The van der Waals surface area contributed by atoms with Crippen LogP contribution in [0, 0.1) is 0 Å². The summed E-state index contributed by atoms with van der Waals surface area (Å²) < 4.78 is 22.9. The van der Waals surface area contributed by atoms with Gasteiger partial charge in [-0.15, -0.1) is 10.2 Å². The van der Waals surface area contributed by atoms with Crippen molar-refractivity contribution < 1.29 is 67.5 Å². The maximum atomic E-state index is 13.7. The van der Waals surface area contributed by atoms with Gasteiger partial charge in [0.1, 0.15) is 6.04 Å². The molecule has 0 bridgehead atoms. The van der Waals surface area contributed by atoms with Gasteiger partial charge in [-0.3, -0.25) is 58.9 Å². The molecule has 23 nitrogen and oxygen atoms in total. The summed E-state index contributed by atoms with van der Waals surface area (Å²) in [5.41, 5.74) is 0.627. The number of aromatic nitrogens is 2. The van der Waals surface area contributed by atoms with Crippen LogP contribution in [-0.4, -0.2) is 171 Å². The first-order valence-corrected chi connectivity index (χ1v) is 20.6. The average molecular weight is 880 g/mol. The molecular weight excluding hydrogens is 835 g/mol. The monoisotopic (exact) mass is 879 g/mol. The zero-order valence-corrected chi connectivity index (χ0v) is 33.5. The van der Waals surface area contributed by atoms with Crippen LogP contribution < -0.4 is 21.1 Å². The predicted molar refractivity (Wildman–Crippen MR) is 210 cm³/mol. The summed E-state index contributed by atoms with van der Waals surface area (Å²) in [5.74, 6) is -8.62. The summed E-state index contributed by atoms with van der Waals surface area (Å²) >= 11 is 0.468. The van der Waals surface area contributed by atoms with E-state index in [1.54, 1.807) is 24.3 Å². The number of carbonyl (C=O) groups excluding carboxylic acids is 2. The van der Waals surface area contributed by atoms with Crippen LogP contribution in [0.5, 0.6) is 0 Å². The Hall–Kier alpha value is -5.70. The maximum absolute atomic E-state index is 13.7. The van der Waals surface area contributed by atoms with E-state index in [-0.39, 0.29) is 24.4 Å². The summed E-state index contributed by atoms with van der Waals surface area (Å²) in [6.07, 6.45) is 0.184. The van der Waals surface area contributed by atoms with E-state index in [0.29, 0.717) is 29.7 Å². The van der Waals surface area contributed by atoms with Crippen molar-refractivity contribution in [3.63, 3.8) is 0 Å². The number of hydrogen-bond acceptors (Lipinski definition) is 16. The van der Waals surface area contributed by atoms with Gasteiger partial charge in [-0.25, -0.2) is 13.6 Å². The van der Waals surface area contributed by atoms with Gasteiger partial charge in [-0.1, -0.05) is 66.6 Å². The summed E-state index contributed by atoms with van der Waals surface area (Å²) in [4.78, 5) is 90.7. The Morgan fingerprint density at radius 1 is 0.767 bits per heavy atom. The number of rotatable bonds is 24. The molecule has 4 atom stereocenters. The molecule has 2 aromatic carbocycles. The molecule has 1 fully saturated rings. The Bertz CT molecular complexity index is 2130. The highest BCUT2D eigenvalue weighted by Gasteiger charge is 2.38. The molecule has 1 aliphatic carbocycles. The van der Waals surface area contributed by atoms with E-state index in [0.717, 1.165) is 15.7 Å². The number of anilines is 1. The van der Waals surface area contributed by atoms with Crippen LogP contribution >= 0.6 is 11.3 Å². The first-order chi connectivity index (χ1) is 28.3. The molecule has 0 spiro atoms. The molecule has 4 rings (SSSR count). The van der Waals surface area contributed by atoms with Crippen molar-refractivity contribution in [2.45, 2.75) is 60.7 Å². The van der Waals surface area contributed by atoms with Crippen LogP contribution in [0.15, 0.2) is 46.8 Å². The molecule has 10 N–H and O–H groups in total. The Balaban J connectivity index is 1.65. The lowest BCUT2D eigenvalue weighted by Crippen LogP contribution is -2.62. The second-order valence-corrected chi connectivity index (χ2v) is 16.6. The molecule has 1 saturated carbocycles. The highest BCUT2D eigenvalue weighted by molar-refractivity contribution is 7.91. The van der Waals surface area contributed by atoms with Crippen molar-refractivity contribution in [1.82, 2.24) is 35.5 Å². The number of nitrogens with one attached hydrogen (secondary N) is 3. The summed E-state index contributed by atoms with van der Waals surface area (Å²) in [7, 11) is -4.26. The molecule has 2 amide bonds. The molecule has 1 aliphatic rings. The van der Waals surface area contributed by atoms with Crippen molar-refractivity contribution in [1.29, 1.82) is 0 Å². The van der Waals surface area contributed by atoms with Crippen molar-refractivity contribution in [3.05, 3.63) is 48.0 Å². The number of hydrogen-bond donors (Lipinski definition) is 9. The van der Waals surface area contributed by atoms with Crippen LogP contribution in [0.1, 0.15) is 31.2 Å². The molecule has 1 aromatic heterocycles. The van der Waals surface area contributed by atoms with E-state index in [4.69, 9.17) is 5.14 Å². The molecule has 25 heteroatoms. The third kappa shape index (κ3) is 14.2. The lowest BCUT2D eigenvalue weighted by Gasteiger charge is -2.45. The number of carbonyl (C=O) groups is 7. The summed E-state index contributed by atoms with van der Waals surface area (Å²) in [5, 5.41) is 70.0. The second kappa shape index (κ2) is 21.5. The van der Waals surface area contributed by atoms with E-state index in [9.17, 15) is 67.5 Å². The molecule has 1 heterocycles. The average Bonchev–Trinajstić information content (AvgIpc) is 3.64. The van der Waals surface area contributed by atoms with Crippen molar-refractivity contribution in [2.24, 2.45) is 5.14 Å². The third-order valence-electron chi connectivity index (χ3n) is 9.51. The molecule has 0 aliphatic heterocycles. The van der Waals surface area contributed by atoms with Crippen LogP contribution in [0.4, 0.5) is 5.13 Å². The van der Waals surface area contributed by atoms with Gasteiger partial charge in [0.05, 0.1) is 45.4 Å². The Labute approximate surface area is 346 Å². The third-order valence-corrected chi connectivity index (χ3v) is 11.7. The predicted octanol–water partition coefficient (Wildman–Crippen LogP) is -1.44. The number of aliphatic carboxylic acids is 5. The molecule has 0 saturated heterocycles. The molecule has 326 valence electrons. The minimum absolute atomic E-state index is 0.105. The normalized spacial score (nSPS) is 16.7. The fourth-order valence-corrected chi connectivity index (χ4v) is 8.49. The minimum Gasteiger partial charge on any atom is -0.480 e. The van der Waals surface area contributed by atoms with Gasteiger partial charge in [-0.2, -0.15) is 0 Å². The van der Waals surface area contributed by atoms with E-state index in [1.807, 2.05) is 18.2 Å². The first-order valence-electron chi connectivity index (χ1n) is 18.3. The van der Waals surface area contributed by atoms with Crippen molar-refractivity contribution >= 4 is 78.9 Å². The number of nitrogens with zero attached hydrogens (tertiary/aromatic N) is 5. The summed E-state index contributed by atoms with van der Waals surface area (Å²) in [6.45, 7) is -4.97. The van der Waals surface area contributed by atoms with Gasteiger partial charge in [0.25, 0.3) is 10.0 Å². The maximum Gasteiger partial charge on any atom is 0.317 e. The SMILES string of the molecule is NS(=O)(=O)c1nnc(NC(=O)[C@H](Cc2cccc3ccccc23)NC(=O)CNC(CN(CC(=O)O)C2CCCCC2N(CC(=O)O)CC(=O)O)N(CC(=O)O)CC(=O)O)s1. The second-order valence-electron chi connectivity index (χ2n) is 13.9. The van der Waals surface area contributed by atoms with Crippen molar-refractivity contribution in [3.8, 4) is 0 Å². The highest BCUT2D eigenvalue weighted by atomic mass is 32.2. The fraction of sp³-hybridized carbons (Fsp3) is 0.457. The Morgan fingerprint density at radius 3 is 1.88 bits per heavy atom. The molecule has 3 aromatic rings. The molecule has 60 heavy (non-hydrogen) atoms. The number of fused-ring (bicyclic) bond motifs is 1. The number of benzene rings is 2. The number of nitrogens with two attached hydrogens (primary N) is 1. The van der Waals surface area contributed by atoms with E-state index < -0.39 is 126 Å². The van der Waals surface area contributed by atoms with Crippen LogP contribution in [0.2, 0.25) is 0 Å². The van der Waals surface area contributed by atoms with Crippen LogP contribution in [-0.2, 0) is 50.0 Å². The highest BCUT2D eigenvalue weighted by Crippen LogP contribution is 2.28. The minimum atomic E-state index is -4.26. The number of carboxylic acid groups (broad SMARTS) is 5. The van der Waals surface area contributed by atoms with Gasteiger partial charge in [-0.05, 0) is 29.2 Å². The lowest BCUT2D eigenvalue weighted by atomic mass is 9.87. The fourth-order valence-electron chi connectivity index (χ4n) is 7.15. The standard InChI is InChI=1S/C35H45N9O14S2/c36-60(57,58)35-41-40-34(59-35)39-33(56)23(12-21-8-5-7-20-6-1-2-9-22(20)21)38-27(45)13-37-26(44(18-31(52)53)19-32(54)55)14-42(15-28(46)47)24-10-3-4-11-25(24)43(16-29(48)49)17-30(50)51/h1-2,5-9,23-26,37H,3-4,10-19H2,(H,38,45)(H,46,47)(H,48,49)(H,50,51)(H,52,53)(H,54,55)(H2,36,57,58)(H,39,40,56)/t23-,24?,25?,26?/m0/s1. The quantitative estimate of drug-likeness (QED) is 0.0367. The van der Waals surface area contributed by atoms with Crippen LogP contribution in [0.3, 0.4) is 0 Å². The first kappa shape index (κ1) is 47.0. The zero-order chi connectivity index (χ0) is 44.1. The van der Waals surface area contributed by atoms with E-state index in [1.165, 1.54) is 9.80 Å². The van der Waals surface area contributed by atoms with Gasteiger partial charge in [0.2, 0.25) is 21.3 Å². The number of amides is 2. The van der Waals surface area contributed by atoms with Gasteiger partial charge in [0, 0.05) is 25.0 Å². The smallest absolute Gasteiger partial charge is 0.317 e. The topological polar surface area (TPSA) is 352 Å². The molecule has 3 unspecified atom stereocenters. The molecule has 0 radical (unpaired) electrons. The van der Waals surface area contributed by atoms with Crippen LogP contribution in [0.25, 0.3) is 10.8 Å². The van der Waals surface area contributed by atoms with Gasteiger partial charge in [0.15, 0.2) is 0 Å². The number of primary sulfonamides is 1. The molecular formula is C35H45N9O14S2. The number of carboxylic acids is 5. The lowest BCUT2D eigenvalue weighted by molar-refractivity contribution is -0.146. The Kier molecular flexibility index (Phi) is 16.9.